The maximum atomic E-state index is 13.8. The number of carbonyl (C=O) groups excluding carboxylic acids is 5. The van der Waals surface area contributed by atoms with Crippen molar-refractivity contribution in [1.29, 1.82) is 0 Å². The number of oxazole rings is 1. The van der Waals surface area contributed by atoms with Crippen LogP contribution < -0.4 is 16.0 Å². The monoisotopic (exact) mass is 693 g/mol. The molecular weight excluding hydrogens is 650 g/mol. The summed E-state index contributed by atoms with van der Waals surface area (Å²) in [6, 6.07) is 8.31. The second kappa shape index (κ2) is 16.7. The molecule has 5 rings (SSSR count). The number of hydrogen-bond donors (Lipinski definition) is 3. The molecule has 1 saturated heterocycles. The van der Waals surface area contributed by atoms with E-state index in [1.54, 1.807) is 10.3 Å². The fraction of sp³-hybridized carbons (Fsp3) is 0.500. The van der Waals surface area contributed by atoms with E-state index < -0.39 is 35.7 Å². The average molecular weight is 694 g/mol. The van der Waals surface area contributed by atoms with E-state index in [9.17, 15) is 24.0 Å². The predicted molar refractivity (Wildman–Crippen MR) is 179 cm³/mol. The van der Waals surface area contributed by atoms with Crippen LogP contribution in [0.15, 0.2) is 46.4 Å². The lowest BCUT2D eigenvalue weighted by molar-refractivity contribution is -0.144. The maximum Gasteiger partial charge on any atom is 0.273 e. The van der Waals surface area contributed by atoms with Gasteiger partial charge >= 0.3 is 0 Å². The number of thiazole rings is 1. The van der Waals surface area contributed by atoms with Gasteiger partial charge in [-0.15, -0.1) is 11.3 Å². The Morgan fingerprint density at radius 3 is 2.47 bits per heavy atom. The van der Waals surface area contributed by atoms with Crippen LogP contribution in [-0.4, -0.2) is 95.2 Å². The Labute approximate surface area is 289 Å². The first kappa shape index (κ1) is 35.7. The van der Waals surface area contributed by atoms with Crippen molar-refractivity contribution in [2.24, 2.45) is 11.8 Å². The Bertz CT molecular complexity index is 1620. The average Bonchev–Trinajstić information content (AvgIpc) is 3.80. The van der Waals surface area contributed by atoms with Crippen LogP contribution in [0.2, 0.25) is 0 Å². The molecule has 2 atom stereocenters. The molecular formula is C34H43N7O7S. The summed E-state index contributed by atoms with van der Waals surface area (Å²) in [5.41, 5.74) is 1.11. The first-order valence-electron chi connectivity index (χ1n) is 16.6. The number of fused-ring (bicyclic) bond motifs is 4. The Morgan fingerprint density at radius 2 is 1.76 bits per heavy atom. The zero-order chi connectivity index (χ0) is 34.9. The number of amides is 5. The van der Waals surface area contributed by atoms with E-state index in [2.05, 4.69) is 25.9 Å². The number of piperidine rings is 1. The number of benzene rings is 1. The van der Waals surface area contributed by atoms with Crippen LogP contribution in [0.3, 0.4) is 0 Å². The van der Waals surface area contributed by atoms with Gasteiger partial charge in [0.2, 0.25) is 23.6 Å². The number of ether oxygens (including phenoxy) is 1. The molecule has 1 fully saturated rings. The topological polar surface area (TPSA) is 176 Å². The number of nitrogens with one attached hydrogen (secondary N) is 3. The van der Waals surface area contributed by atoms with E-state index in [4.69, 9.17) is 9.15 Å². The molecule has 4 heterocycles. The molecule has 15 heteroatoms. The standard InChI is InChI=1S/C34H43N7O7S/c1-4-47-19-28(43)40-13-10-23(11-14-40)34(46)41-15-12-35-30(44)25-18-48-32(37-25)24(16-22-8-6-5-7-9-22)36-31(45)26-20-49-33(38-26)29(21(2)3)39-27(42)17-41/h5-9,18,20-21,23-24,29H,4,10-17,19H2,1-3H3,(H,35,44)(H,36,45)(H,39,42)/t24-,29-/m0/s1. The van der Waals surface area contributed by atoms with Crippen molar-refractivity contribution >= 4 is 40.9 Å². The van der Waals surface area contributed by atoms with Gasteiger partial charge in [0, 0.05) is 50.5 Å². The molecule has 262 valence electrons. The number of hydrogen-bond acceptors (Lipinski definition) is 10. The third-order valence-electron chi connectivity index (χ3n) is 8.58. The minimum absolute atomic E-state index is 0.00405. The van der Waals surface area contributed by atoms with Crippen molar-refractivity contribution in [3.8, 4) is 0 Å². The smallest absolute Gasteiger partial charge is 0.273 e. The normalized spacial score (nSPS) is 19.9. The van der Waals surface area contributed by atoms with Crippen LogP contribution in [0.25, 0.3) is 0 Å². The summed E-state index contributed by atoms with van der Waals surface area (Å²) < 4.78 is 11.0. The summed E-state index contributed by atoms with van der Waals surface area (Å²) in [5.74, 6) is -2.02. The zero-order valence-corrected chi connectivity index (χ0v) is 28.8. The fourth-order valence-corrected chi connectivity index (χ4v) is 6.87. The van der Waals surface area contributed by atoms with Gasteiger partial charge in [-0.3, -0.25) is 24.0 Å². The Balaban J connectivity index is 1.37. The third kappa shape index (κ3) is 9.29. The van der Waals surface area contributed by atoms with Gasteiger partial charge in [0.25, 0.3) is 11.8 Å². The lowest BCUT2D eigenvalue weighted by Crippen LogP contribution is -2.50. The van der Waals surface area contributed by atoms with E-state index >= 15 is 0 Å². The lowest BCUT2D eigenvalue weighted by Gasteiger charge is -2.34. The molecule has 5 amide bonds. The number of aromatic nitrogens is 2. The first-order valence-corrected chi connectivity index (χ1v) is 17.5. The van der Waals surface area contributed by atoms with Crippen molar-refractivity contribution in [1.82, 2.24) is 35.7 Å². The molecule has 0 saturated carbocycles. The van der Waals surface area contributed by atoms with Gasteiger partial charge in [0.1, 0.15) is 29.6 Å². The van der Waals surface area contributed by atoms with Gasteiger partial charge in [-0.25, -0.2) is 9.97 Å². The van der Waals surface area contributed by atoms with Crippen molar-refractivity contribution in [2.75, 3.05) is 45.9 Å². The van der Waals surface area contributed by atoms with E-state index in [1.165, 1.54) is 22.5 Å². The van der Waals surface area contributed by atoms with Crippen LogP contribution in [0, 0.1) is 11.8 Å². The van der Waals surface area contributed by atoms with Gasteiger partial charge in [-0.05, 0) is 31.2 Å². The van der Waals surface area contributed by atoms with Gasteiger partial charge in [-0.2, -0.15) is 0 Å². The molecule has 2 aromatic heterocycles. The second-order valence-electron chi connectivity index (χ2n) is 12.5. The van der Waals surface area contributed by atoms with Crippen LogP contribution in [0.1, 0.15) is 83.1 Å². The quantitative estimate of drug-likeness (QED) is 0.336. The van der Waals surface area contributed by atoms with Gasteiger partial charge in [-0.1, -0.05) is 44.2 Å². The summed E-state index contributed by atoms with van der Waals surface area (Å²) >= 11 is 1.26. The molecule has 3 N–H and O–H groups in total. The van der Waals surface area contributed by atoms with Crippen LogP contribution in [0.5, 0.6) is 0 Å². The molecule has 0 aliphatic carbocycles. The molecule has 49 heavy (non-hydrogen) atoms. The second-order valence-corrected chi connectivity index (χ2v) is 13.3. The zero-order valence-electron chi connectivity index (χ0n) is 28.0. The summed E-state index contributed by atoms with van der Waals surface area (Å²) in [6.45, 7) is 6.86. The molecule has 2 aliphatic rings. The third-order valence-corrected chi connectivity index (χ3v) is 9.51. The minimum atomic E-state index is -0.699. The van der Waals surface area contributed by atoms with E-state index in [0.29, 0.717) is 44.0 Å². The summed E-state index contributed by atoms with van der Waals surface area (Å²) in [5, 5.41) is 10.9. The number of carbonyl (C=O) groups is 5. The van der Waals surface area contributed by atoms with E-state index in [0.717, 1.165) is 5.56 Å². The molecule has 0 spiro atoms. The van der Waals surface area contributed by atoms with Gasteiger partial charge in [0.15, 0.2) is 5.69 Å². The molecule has 1 aromatic carbocycles. The predicted octanol–water partition coefficient (Wildman–Crippen LogP) is 2.51. The van der Waals surface area contributed by atoms with Crippen molar-refractivity contribution in [2.45, 2.75) is 52.1 Å². The lowest BCUT2D eigenvalue weighted by atomic mass is 9.95. The van der Waals surface area contributed by atoms with Crippen LogP contribution >= 0.6 is 11.3 Å². The minimum Gasteiger partial charge on any atom is -0.446 e. The molecule has 3 aromatic rings. The number of rotatable bonds is 7. The summed E-state index contributed by atoms with van der Waals surface area (Å²) in [6.07, 6.45) is 2.48. The highest BCUT2D eigenvalue weighted by atomic mass is 32.1. The Kier molecular flexibility index (Phi) is 12.1. The highest BCUT2D eigenvalue weighted by Crippen LogP contribution is 2.27. The fourth-order valence-electron chi connectivity index (χ4n) is 5.85. The van der Waals surface area contributed by atoms with Crippen LogP contribution in [-0.2, 0) is 25.5 Å². The van der Waals surface area contributed by atoms with Crippen molar-refractivity contribution < 1.29 is 33.1 Å². The van der Waals surface area contributed by atoms with Crippen molar-refractivity contribution in [3.05, 3.63) is 69.8 Å². The Morgan fingerprint density at radius 1 is 1.00 bits per heavy atom. The molecule has 0 radical (unpaired) electrons. The molecule has 2 aliphatic heterocycles. The first-order chi connectivity index (χ1) is 23.6. The maximum absolute atomic E-state index is 13.8. The van der Waals surface area contributed by atoms with E-state index in [-0.39, 0.29) is 61.3 Å². The highest BCUT2D eigenvalue weighted by Gasteiger charge is 2.33. The van der Waals surface area contributed by atoms with Gasteiger partial charge in [0.05, 0.1) is 12.6 Å². The summed E-state index contributed by atoms with van der Waals surface area (Å²) in [4.78, 5) is 78.4. The molecule has 0 unspecified atom stereocenters. The van der Waals surface area contributed by atoms with Gasteiger partial charge < -0.3 is 34.9 Å². The highest BCUT2D eigenvalue weighted by molar-refractivity contribution is 7.09. The molecule has 14 nitrogen and oxygen atoms in total. The van der Waals surface area contributed by atoms with E-state index in [1.807, 2.05) is 51.1 Å². The van der Waals surface area contributed by atoms with Crippen molar-refractivity contribution in [3.63, 3.8) is 0 Å². The largest absolute Gasteiger partial charge is 0.446 e. The molecule has 4 bridgehead atoms. The van der Waals surface area contributed by atoms with Crippen LogP contribution in [0.4, 0.5) is 0 Å². The number of likely N-dealkylation sites (tertiary alicyclic amines) is 1. The Hall–Kier alpha value is -4.63. The number of nitrogens with zero attached hydrogens (tertiary/aromatic N) is 4. The SMILES string of the molecule is CCOCC(=O)N1CCC(C(=O)N2CCNC(=O)c3coc(n3)[C@H](Cc3ccccc3)NC(=O)c3csc(n3)[C@H](C(C)C)NC(=O)C2)CC1. The summed E-state index contributed by atoms with van der Waals surface area (Å²) in [7, 11) is 0.